The third-order valence-corrected chi connectivity index (χ3v) is 6.23. The van der Waals surface area contributed by atoms with Crippen LogP contribution in [0.1, 0.15) is 110 Å². The van der Waals surface area contributed by atoms with Crippen molar-refractivity contribution in [2.24, 2.45) is 0 Å². The fourth-order valence-corrected chi connectivity index (χ4v) is 3.92. The second kappa shape index (κ2) is 18.8. The summed E-state index contributed by atoms with van der Waals surface area (Å²) in [7, 11) is 0. The van der Waals surface area contributed by atoms with E-state index in [1.807, 2.05) is 0 Å². The van der Waals surface area contributed by atoms with Gasteiger partial charge in [-0.05, 0) is 24.6 Å². The lowest BCUT2D eigenvalue weighted by Gasteiger charge is -2.08. The molecule has 0 radical (unpaired) electrons. The van der Waals surface area contributed by atoms with Crippen LogP contribution < -0.4 is 10.6 Å². The molecule has 1 rings (SSSR count). The summed E-state index contributed by atoms with van der Waals surface area (Å²) in [6.45, 7) is 2.98. The number of hydrogen-bond donors (Lipinski definition) is 2. The second-order valence-corrected chi connectivity index (χ2v) is 9.13. The Morgan fingerprint density at radius 2 is 1.17 bits per heavy atom. The van der Waals surface area contributed by atoms with Gasteiger partial charge in [-0.3, -0.25) is 0 Å². The van der Waals surface area contributed by atoms with Gasteiger partial charge in [0.2, 0.25) is 0 Å². The molecule has 172 valence electrons. The van der Waals surface area contributed by atoms with E-state index in [0.29, 0.717) is 22.3 Å². The molecule has 0 saturated heterocycles. The van der Waals surface area contributed by atoms with Crippen LogP contribution in [0.5, 0.6) is 0 Å². The number of amides is 2. The van der Waals surface area contributed by atoms with Gasteiger partial charge in [-0.1, -0.05) is 126 Å². The quantitative estimate of drug-likeness (QED) is 0.212. The molecule has 30 heavy (non-hydrogen) atoms. The molecular weight excluding hydrogens is 415 g/mol. The predicted molar refractivity (Wildman–Crippen MR) is 133 cm³/mol. The molecule has 0 aliphatic rings. The molecule has 2 N–H and O–H groups in total. The van der Waals surface area contributed by atoms with Crippen LogP contribution >= 0.6 is 23.2 Å². The fourth-order valence-electron chi connectivity index (χ4n) is 3.62. The Balaban J connectivity index is 1.82. The molecule has 0 aromatic heterocycles. The van der Waals surface area contributed by atoms with Gasteiger partial charge in [-0.25, -0.2) is 4.79 Å². The highest BCUT2D eigenvalue weighted by Crippen LogP contribution is 2.24. The number of nitrogens with one attached hydrogen (secondary N) is 2. The topological polar surface area (TPSA) is 41.1 Å². The molecule has 0 unspecified atom stereocenters. The predicted octanol–water partition coefficient (Wildman–Crippen LogP) is 9.38. The van der Waals surface area contributed by atoms with Gasteiger partial charge in [0.15, 0.2) is 0 Å². The lowest BCUT2D eigenvalue weighted by molar-refractivity contribution is 0.252. The Labute approximate surface area is 194 Å². The summed E-state index contributed by atoms with van der Waals surface area (Å²) in [5.41, 5.74) is 0.647. The minimum absolute atomic E-state index is 0.200. The average molecular weight is 458 g/mol. The summed E-state index contributed by atoms with van der Waals surface area (Å²) in [5, 5.41) is 6.58. The Morgan fingerprint density at radius 1 is 0.700 bits per heavy atom. The van der Waals surface area contributed by atoms with Crippen molar-refractivity contribution in [3.05, 3.63) is 28.2 Å². The Kier molecular flexibility index (Phi) is 17.0. The van der Waals surface area contributed by atoms with Crippen LogP contribution in [0, 0.1) is 0 Å². The molecule has 0 heterocycles. The minimum Gasteiger partial charge on any atom is -0.338 e. The van der Waals surface area contributed by atoms with Crippen LogP contribution in [-0.2, 0) is 0 Å². The molecule has 0 spiro atoms. The van der Waals surface area contributed by atoms with Crippen LogP contribution in [0.15, 0.2) is 18.2 Å². The average Bonchev–Trinajstić information content (AvgIpc) is 2.73. The zero-order valence-electron chi connectivity index (χ0n) is 18.9. The summed E-state index contributed by atoms with van der Waals surface area (Å²) < 4.78 is 0. The lowest BCUT2D eigenvalue weighted by Crippen LogP contribution is -2.29. The van der Waals surface area contributed by atoms with Gasteiger partial charge in [0.25, 0.3) is 0 Å². The molecule has 0 saturated carbocycles. The third-order valence-electron chi connectivity index (χ3n) is 5.49. The van der Waals surface area contributed by atoms with Gasteiger partial charge in [0.05, 0.1) is 10.0 Å². The van der Waals surface area contributed by atoms with Gasteiger partial charge in [-0.15, -0.1) is 0 Å². The maximum Gasteiger partial charge on any atom is 0.319 e. The number of benzene rings is 1. The summed E-state index contributed by atoms with van der Waals surface area (Å²) in [6.07, 6.45) is 21.6. The molecule has 5 heteroatoms. The highest BCUT2D eigenvalue weighted by molar-refractivity contribution is 6.42. The summed E-state index contributed by atoms with van der Waals surface area (Å²) in [6, 6.07) is 4.87. The molecular formula is C25H42Cl2N2O. The molecule has 0 bridgehead atoms. The normalized spacial score (nSPS) is 10.9. The number of urea groups is 1. The van der Waals surface area contributed by atoms with Crippen molar-refractivity contribution in [2.75, 3.05) is 11.9 Å². The Hall–Kier alpha value is -0.930. The molecule has 1 aromatic carbocycles. The van der Waals surface area contributed by atoms with E-state index in [4.69, 9.17) is 23.2 Å². The summed E-state index contributed by atoms with van der Waals surface area (Å²) in [5.74, 6) is 0. The molecule has 0 aliphatic carbocycles. The number of anilines is 1. The Bertz CT molecular complexity index is 566. The summed E-state index contributed by atoms with van der Waals surface area (Å²) in [4.78, 5) is 11.9. The number of rotatable bonds is 18. The molecule has 0 atom stereocenters. The molecule has 3 nitrogen and oxygen atoms in total. The molecule has 0 fully saturated rings. The first kappa shape index (κ1) is 27.1. The van der Waals surface area contributed by atoms with E-state index in [1.54, 1.807) is 18.2 Å². The van der Waals surface area contributed by atoms with E-state index in [9.17, 15) is 4.79 Å². The Morgan fingerprint density at radius 3 is 1.63 bits per heavy atom. The van der Waals surface area contributed by atoms with Crippen molar-refractivity contribution in [3.8, 4) is 0 Å². The van der Waals surface area contributed by atoms with Gasteiger partial charge in [0, 0.05) is 12.2 Å². The second-order valence-electron chi connectivity index (χ2n) is 8.31. The van der Waals surface area contributed by atoms with Crippen LogP contribution in [0.2, 0.25) is 10.0 Å². The van der Waals surface area contributed by atoms with E-state index in [-0.39, 0.29) is 6.03 Å². The fraction of sp³-hybridized carbons (Fsp3) is 0.720. The zero-order chi connectivity index (χ0) is 21.9. The van der Waals surface area contributed by atoms with Gasteiger partial charge < -0.3 is 10.6 Å². The minimum atomic E-state index is -0.200. The highest BCUT2D eigenvalue weighted by Gasteiger charge is 2.03. The van der Waals surface area contributed by atoms with E-state index in [1.165, 1.54) is 96.3 Å². The van der Waals surface area contributed by atoms with Crippen molar-refractivity contribution in [1.29, 1.82) is 0 Å². The van der Waals surface area contributed by atoms with E-state index >= 15 is 0 Å². The van der Waals surface area contributed by atoms with Crippen molar-refractivity contribution >= 4 is 34.9 Å². The standard InChI is InChI=1S/C25H42Cl2N2O/c1-2-3-4-5-6-7-8-9-10-11-12-13-14-15-16-17-20-28-25(30)29-22-18-19-23(26)24(27)21-22/h18-19,21H,2-17,20H2,1H3,(H2,28,29,30). The number of halogens is 2. The first-order valence-electron chi connectivity index (χ1n) is 12.1. The molecule has 2 amide bonds. The van der Waals surface area contributed by atoms with Crippen molar-refractivity contribution in [2.45, 2.75) is 110 Å². The van der Waals surface area contributed by atoms with E-state index in [2.05, 4.69) is 17.6 Å². The van der Waals surface area contributed by atoms with Crippen molar-refractivity contribution in [3.63, 3.8) is 0 Å². The maximum atomic E-state index is 11.9. The monoisotopic (exact) mass is 456 g/mol. The van der Waals surface area contributed by atoms with Gasteiger partial charge in [-0.2, -0.15) is 0 Å². The smallest absolute Gasteiger partial charge is 0.319 e. The summed E-state index contributed by atoms with van der Waals surface area (Å²) >= 11 is 11.8. The highest BCUT2D eigenvalue weighted by atomic mass is 35.5. The SMILES string of the molecule is CCCCCCCCCCCCCCCCCCNC(=O)Nc1ccc(Cl)c(Cl)c1. The maximum absolute atomic E-state index is 11.9. The van der Waals surface area contributed by atoms with Crippen LogP contribution in [0.3, 0.4) is 0 Å². The van der Waals surface area contributed by atoms with Crippen LogP contribution in [0.25, 0.3) is 0 Å². The number of carbonyl (C=O) groups is 1. The third kappa shape index (κ3) is 15.0. The van der Waals surface area contributed by atoms with Crippen molar-refractivity contribution < 1.29 is 4.79 Å². The number of unbranched alkanes of at least 4 members (excludes halogenated alkanes) is 15. The van der Waals surface area contributed by atoms with Crippen molar-refractivity contribution in [1.82, 2.24) is 5.32 Å². The van der Waals surface area contributed by atoms with Gasteiger partial charge >= 0.3 is 6.03 Å². The van der Waals surface area contributed by atoms with E-state index in [0.717, 1.165) is 6.42 Å². The number of hydrogen-bond acceptors (Lipinski definition) is 1. The van der Waals surface area contributed by atoms with Crippen LogP contribution in [-0.4, -0.2) is 12.6 Å². The van der Waals surface area contributed by atoms with Gasteiger partial charge in [0.1, 0.15) is 0 Å². The molecule has 1 aromatic rings. The first-order chi connectivity index (χ1) is 14.6. The first-order valence-corrected chi connectivity index (χ1v) is 12.9. The van der Waals surface area contributed by atoms with E-state index < -0.39 is 0 Å². The lowest BCUT2D eigenvalue weighted by atomic mass is 10.0. The molecule has 0 aliphatic heterocycles. The zero-order valence-corrected chi connectivity index (χ0v) is 20.4. The van der Waals surface area contributed by atoms with Crippen LogP contribution in [0.4, 0.5) is 10.5 Å². The number of carbonyl (C=O) groups excluding carboxylic acids is 1. The largest absolute Gasteiger partial charge is 0.338 e.